The van der Waals surface area contributed by atoms with Crippen LogP contribution >= 0.6 is 0 Å². The van der Waals surface area contributed by atoms with Crippen molar-refractivity contribution >= 4 is 22.5 Å². The monoisotopic (exact) mass is 353 g/mol. The van der Waals surface area contributed by atoms with Gasteiger partial charge in [0.05, 0.1) is 36.0 Å². The second-order valence-electron chi connectivity index (χ2n) is 5.85. The van der Waals surface area contributed by atoms with Crippen molar-refractivity contribution in [2.24, 2.45) is 0 Å². The Kier molecular flexibility index (Phi) is 4.05. The summed E-state index contributed by atoms with van der Waals surface area (Å²) in [6.07, 6.45) is 4.74. The number of nitro benzene ring substituents is 1. The standard InChI is InChI=1S/C17H15N5O4/c23-17(20-5-7-26-8-6-20)14-10-19-16(11-18-14)21-4-3-12-9-13(22(24)25)1-2-15(12)21/h1-4,9-11H,5-8H2. The minimum Gasteiger partial charge on any atom is -0.378 e. The molecule has 1 aliphatic rings. The van der Waals surface area contributed by atoms with Gasteiger partial charge in [-0.25, -0.2) is 9.97 Å². The van der Waals surface area contributed by atoms with Crippen LogP contribution in [0.4, 0.5) is 5.69 Å². The summed E-state index contributed by atoms with van der Waals surface area (Å²) in [6.45, 7) is 2.14. The number of aromatic nitrogens is 3. The number of non-ortho nitro benzene ring substituents is 1. The summed E-state index contributed by atoms with van der Waals surface area (Å²) < 4.78 is 7.02. The Morgan fingerprint density at radius 3 is 2.65 bits per heavy atom. The molecule has 0 spiro atoms. The zero-order valence-corrected chi connectivity index (χ0v) is 13.7. The minimum absolute atomic E-state index is 0.0350. The van der Waals surface area contributed by atoms with Crippen molar-refractivity contribution in [1.82, 2.24) is 19.4 Å². The molecule has 1 aromatic carbocycles. The van der Waals surface area contributed by atoms with E-state index in [-0.39, 0.29) is 17.3 Å². The number of amides is 1. The van der Waals surface area contributed by atoms with E-state index in [4.69, 9.17) is 4.74 Å². The number of nitrogens with zero attached hydrogens (tertiary/aromatic N) is 5. The van der Waals surface area contributed by atoms with Crippen molar-refractivity contribution in [3.05, 3.63) is 58.7 Å². The number of benzene rings is 1. The Hall–Kier alpha value is -3.33. The minimum atomic E-state index is -0.428. The Labute approximate surface area is 148 Å². The van der Waals surface area contributed by atoms with E-state index in [2.05, 4.69) is 9.97 Å². The van der Waals surface area contributed by atoms with E-state index in [1.54, 1.807) is 27.8 Å². The highest BCUT2D eigenvalue weighted by atomic mass is 16.6. The maximum Gasteiger partial charge on any atom is 0.274 e. The fraction of sp³-hybridized carbons (Fsp3) is 0.235. The summed E-state index contributed by atoms with van der Waals surface area (Å²) in [4.78, 5) is 33.1. The second kappa shape index (κ2) is 6.52. The zero-order valence-electron chi connectivity index (χ0n) is 13.7. The van der Waals surface area contributed by atoms with E-state index in [1.807, 2.05) is 0 Å². The number of nitro groups is 1. The number of hydrogen-bond acceptors (Lipinski definition) is 6. The summed E-state index contributed by atoms with van der Waals surface area (Å²) in [5.41, 5.74) is 1.09. The van der Waals surface area contributed by atoms with Crippen LogP contribution in [-0.2, 0) is 4.74 Å². The second-order valence-corrected chi connectivity index (χ2v) is 5.85. The number of carbonyl (C=O) groups excluding carboxylic acids is 1. The fourth-order valence-electron chi connectivity index (χ4n) is 2.93. The average molecular weight is 353 g/mol. The summed E-state index contributed by atoms with van der Waals surface area (Å²) in [6, 6.07) is 6.40. The zero-order chi connectivity index (χ0) is 18.1. The van der Waals surface area contributed by atoms with E-state index in [0.717, 1.165) is 10.9 Å². The van der Waals surface area contributed by atoms with Crippen molar-refractivity contribution in [3.8, 4) is 5.82 Å². The van der Waals surface area contributed by atoms with Gasteiger partial charge in [-0.15, -0.1) is 0 Å². The van der Waals surface area contributed by atoms with Crippen LogP contribution in [0.3, 0.4) is 0 Å². The van der Waals surface area contributed by atoms with Crippen molar-refractivity contribution in [2.75, 3.05) is 26.3 Å². The first-order valence-electron chi connectivity index (χ1n) is 8.08. The van der Waals surface area contributed by atoms with Gasteiger partial charge in [0, 0.05) is 36.8 Å². The lowest BCUT2D eigenvalue weighted by Crippen LogP contribution is -2.41. The van der Waals surface area contributed by atoms with E-state index in [9.17, 15) is 14.9 Å². The molecule has 0 aliphatic carbocycles. The molecular weight excluding hydrogens is 338 g/mol. The van der Waals surface area contributed by atoms with E-state index < -0.39 is 4.92 Å². The molecule has 0 bridgehead atoms. The molecule has 0 N–H and O–H groups in total. The average Bonchev–Trinajstić information content (AvgIpc) is 3.11. The molecule has 26 heavy (non-hydrogen) atoms. The van der Waals surface area contributed by atoms with Gasteiger partial charge in [-0.3, -0.25) is 19.5 Å². The molecule has 9 nitrogen and oxygen atoms in total. The van der Waals surface area contributed by atoms with Gasteiger partial charge in [-0.05, 0) is 12.1 Å². The fourth-order valence-corrected chi connectivity index (χ4v) is 2.93. The molecule has 2 aromatic heterocycles. The third kappa shape index (κ3) is 2.88. The molecule has 0 saturated carbocycles. The van der Waals surface area contributed by atoms with Crippen LogP contribution in [0.1, 0.15) is 10.5 Å². The quantitative estimate of drug-likeness (QED) is 0.525. The first-order chi connectivity index (χ1) is 12.6. The van der Waals surface area contributed by atoms with Crippen molar-refractivity contribution in [3.63, 3.8) is 0 Å². The highest BCUT2D eigenvalue weighted by molar-refractivity contribution is 5.92. The maximum absolute atomic E-state index is 12.4. The molecular formula is C17H15N5O4. The Morgan fingerprint density at radius 2 is 1.96 bits per heavy atom. The molecule has 1 aliphatic heterocycles. The number of carbonyl (C=O) groups is 1. The molecule has 0 atom stereocenters. The van der Waals surface area contributed by atoms with Gasteiger partial charge in [-0.1, -0.05) is 0 Å². The van der Waals surface area contributed by atoms with Crippen LogP contribution in [0, 0.1) is 10.1 Å². The summed E-state index contributed by atoms with van der Waals surface area (Å²) >= 11 is 0. The summed E-state index contributed by atoms with van der Waals surface area (Å²) in [5.74, 6) is 0.368. The number of morpholine rings is 1. The predicted octanol–water partition coefficient (Wildman–Crippen LogP) is 1.80. The van der Waals surface area contributed by atoms with Crippen LogP contribution in [-0.4, -0.2) is 56.6 Å². The molecule has 4 rings (SSSR count). The van der Waals surface area contributed by atoms with Crippen LogP contribution in [0.25, 0.3) is 16.7 Å². The van der Waals surface area contributed by atoms with Crippen LogP contribution in [0.5, 0.6) is 0 Å². The van der Waals surface area contributed by atoms with Gasteiger partial charge in [-0.2, -0.15) is 0 Å². The van der Waals surface area contributed by atoms with Crippen LogP contribution < -0.4 is 0 Å². The molecule has 3 heterocycles. The third-order valence-corrected chi connectivity index (χ3v) is 4.29. The Bertz CT molecular complexity index is 976. The lowest BCUT2D eigenvalue weighted by atomic mass is 10.2. The maximum atomic E-state index is 12.4. The predicted molar refractivity (Wildman–Crippen MR) is 92.2 cm³/mol. The largest absolute Gasteiger partial charge is 0.378 e. The molecule has 132 valence electrons. The van der Waals surface area contributed by atoms with Gasteiger partial charge in [0.2, 0.25) is 0 Å². The van der Waals surface area contributed by atoms with Gasteiger partial charge in [0.1, 0.15) is 5.69 Å². The Morgan fingerprint density at radius 1 is 1.15 bits per heavy atom. The molecule has 1 saturated heterocycles. The lowest BCUT2D eigenvalue weighted by molar-refractivity contribution is -0.384. The van der Waals surface area contributed by atoms with Crippen molar-refractivity contribution < 1.29 is 14.5 Å². The molecule has 0 unspecified atom stereocenters. The van der Waals surface area contributed by atoms with Gasteiger partial charge in [0.25, 0.3) is 11.6 Å². The highest BCUT2D eigenvalue weighted by Crippen LogP contribution is 2.23. The SMILES string of the molecule is O=C(c1cnc(-n2ccc3cc([N+](=O)[O-])ccc32)cn1)N1CCOCC1. The Balaban J connectivity index is 1.61. The van der Waals surface area contributed by atoms with E-state index >= 15 is 0 Å². The van der Waals surface area contributed by atoms with E-state index in [0.29, 0.717) is 32.1 Å². The molecule has 3 aromatic rings. The van der Waals surface area contributed by atoms with Crippen LogP contribution in [0.2, 0.25) is 0 Å². The summed E-state index contributed by atoms with van der Waals surface area (Å²) in [5, 5.41) is 11.6. The van der Waals surface area contributed by atoms with Gasteiger partial charge < -0.3 is 9.64 Å². The highest BCUT2D eigenvalue weighted by Gasteiger charge is 2.20. The molecule has 1 fully saturated rings. The first kappa shape index (κ1) is 16.2. The molecule has 1 amide bonds. The van der Waals surface area contributed by atoms with Crippen molar-refractivity contribution in [2.45, 2.75) is 0 Å². The smallest absolute Gasteiger partial charge is 0.274 e. The summed E-state index contributed by atoms with van der Waals surface area (Å²) in [7, 11) is 0. The number of hydrogen-bond donors (Lipinski definition) is 0. The number of ether oxygens (including phenoxy) is 1. The molecule has 9 heteroatoms. The van der Waals surface area contributed by atoms with Crippen LogP contribution in [0.15, 0.2) is 42.9 Å². The normalized spacial score (nSPS) is 14.5. The van der Waals surface area contributed by atoms with E-state index in [1.165, 1.54) is 24.5 Å². The first-order valence-corrected chi connectivity index (χ1v) is 8.08. The topological polar surface area (TPSA) is 103 Å². The number of fused-ring (bicyclic) bond motifs is 1. The lowest BCUT2D eigenvalue weighted by Gasteiger charge is -2.26. The van der Waals surface area contributed by atoms with Gasteiger partial charge >= 0.3 is 0 Å². The van der Waals surface area contributed by atoms with Crippen molar-refractivity contribution in [1.29, 1.82) is 0 Å². The number of rotatable bonds is 3. The van der Waals surface area contributed by atoms with Gasteiger partial charge in [0.15, 0.2) is 5.82 Å². The third-order valence-electron chi connectivity index (χ3n) is 4.29. The molecule has 0 radical (unpaired) electrons.